The van der Waals surface area contributed by atoms with Crippen LogP contribution in [0.15, 0.2) is 40.9 Å². The molecule has 0 spiro atoms. The second kappa shape index (κ2) is 6.56. The van der Waals surface area contributed by atoms with Gasteiger partial charge in [0.15, 0.2) is 6.10 Å². The summed E-state index contributed by atoms with van der Waals surface area (Å²) in [5.74, 6) is -0.425. The second-order valence-corrected chi connectivity index (χ2v) is 5.48. The molecule has 2 aromatic carbocycles. The van der Waals surface area contributed by atoms with E-state index in [1.165, 1.54) is 6.92 Å². The largest absolute Gasteiger partial charge is 0.480 e. The van der Waals surface area contributed by atoms with Crippen LogP contribution < -0.4 is 10.1 Å². The van der Waals surface area contributed by atoms with Gasteiger partial charge in [-0.25, -0.2) is 0 Å². The van der Waals surface area contributed by atoms with Crippen molar-refractivity contribution in [2.75, 3.05) is 6.54 Å². The Hall–Kier alpha value is -1.76. The Bertz CT molecular complexity index is 688. The third kappa shape index (κ3) is 4.13. The smallest absolute Gasteiger partial charge is 0.405 e. The quantitative estimate of drug-likeness (QED) is 0.875. The zero-order valence-electron chi connectivity index (χ0n) is 11.6. The van der Waals surface area contributed by atoms with Crippen molar-refractivity contribution in [3.05, 3.63) is 40.9 Å². The van der Waals surface area contributed by atoms with Gasteiger partial charge < -0.3 is 10.1 Å². The van der Waals surface area contributed by atoms with Crippen molar-refractivity contribution in [2.45, 2.75) is 19.2 Å². The summed E-state index contributed by atoms with van der Waals surface area (Å²) in [6.45, 7) is 0.0196. The first kappa shape index (κ1) is 16.6. The third-order valence-electron chi connectivity index (χ3n) is 2.96. The zero-order valence-corrected chi connectivity index (χ0v) is 13.2. The molecule has 1 atom stereocenters. The molecule has 0 saturated carbocycles. The number of halogens is 4. The Kier molecular flexibility index (Phi) is 4.95. The molecule has 118 valence electrons. The Morgan fingerprint density at radius 2 is 1.95 bits per heavy atom. The van der Waals surface area contributed by atoms with E-state index in [-0.39, 0.29) is 0 Å². The number of carbonyl (C=O) groups is 1. The van der Waals surface area contributed by atoms with Gasteiger partial charge in [-0.1, -0.05) is 30.3 Å². The van der Waals surface area contributed by atoms with Crippen molar-refractivity contribution < 1.29 is 22.7 Å². The molecule has 1 amide bonds. The molecule has 0 saturated heterocycles. The van der Waals surface area contributed by atoms with Gasteiger partial charge in [-0.05, 0) is 39.7 Å². The predicted octanol–water partition coefficient (Wildman–Crippen LogP) is 4.05. The van der Waals surface area contributed by atoms with Crippen LogP contribution in [0, 0.1) is 0 Å². The van der Waals surface area contributed by atoms with Gasteiger partial charge in [-0.2, -0.15) is 13.2 Å². The molecular weight excluding hydrogens is 363 g/mol. The van der Waals surface area contributed by atoms with E-state index >= 15 is 0 Å². The lowest BCUT2D eigenvalue weighted by Gasteiger charge is -2.17. The summed E-state index contributed by atoms with van der Waals surface area (Å²) < 4.78 is 42.4. The fourth-order valence-corrected chi connectivity index (χ4v) is 2.47. The van der Waals surface area contributed by atoms with Crippen LogP contribution in [0.5, 0.6) is 5.75 Å². The fourth-order valence-electron chi connectivity index (χ4n) is 1.88. The van der Waals surface area contributed by atoms with Gasteiger partial charge in [-0.15, -0.1) is 0 Å². The lowest BCUT2D eigenvalue weighted by Crippen LogP contribution is -2.41. The summed E-state index contributed by atoms with van der Waals surface area (Å²) in [6.07, 6.45) is -5.49. The van der Waals surface area contributed by atoms with Gasteiger partial charge in [0.05, 0.1) is 4.47 Å². The maximum absolute atomic E-state index is 12.1. The van der Waals surface area contributed by atoms with Gasteiger partial charge >= 0.3 is 6.18 Å². The highest BCUT2D eigenvalue weighted by atomic mass is 79.9. The van der Waals surface area contributed by atoms with Crippen molar-refractivity contribution in [1.82, 2.24) is 5.32 Å². The van der Waals surface area contributed by atoms with E-state index < -0.39 is 24.7 Å². The number of carbonyl (C=O) groups excluding carboxylic acids is 1. The molecule has 7 heteroatoms. The lowest BCUT2D eigenvalue weighted by atomic mass is 10.1. The first-order valence-electron chi connectivity index (χ1n) is 6.46. The van der Waals surface area contributed by atoms with Gasteiger partial charge in [0.2, 0.25) is 0 Å². The van der Waals surface area contributed by atoms with Crippen LogP contribution in [-0.4, -0.2) is 24.7 Å². The highest BCUT2D eigenvalue weighted by molar-refractivity contribution is 9.10. The molecular formula is C15H13BrF3NO2. The van der Waals surface area contributed by atoms with Gasteiger partial charge in [0.1, 0.15) is 12.3 Å². The van der Waals surface area contributed by atoms with Crippen molar-refractivity contribution in [3.8, 4) is 5.75 Å². The molecule has 0 aliphatic heterocycles. The molecule has 2 aromatic rings. The molecule has 0 aromatic heterocycles. The molecule has 0 aliphatic rings. The van der Waals surface area contributed by atoms with Crippen LogP contribution in [0.25, 0.3) is 10.8 Å². The van der Waals surface area contributed by atoms with Crippen LogP contribution in [-0.2, 0) is 4.79 Å². The minimum absolute atomic E-state index is 0.397. The second-order valence-electron chi connectivity index (χ2n) is 4.69. The van der Waals surface area contributed by atoms with E-state index in [2.05, 4.69) is 15.9 Å². The normalized spacial score (nSPS) is 13.0. The number of ether oxygens (including phenoxy) is 1. The van der Waals surface area contributed by atoms with E-state index in [4.69, 9.17) is 4.74 Å². The third-order valence-corrected chi connectivity index (χ3v) is 3.78. The summed E-state index contributed by atoms with van der Waals surface area (Å²) in [7, 11) is 0. The van der Waals surface area contributed by atoms with E-state index in [1.807, 2.05) is 30.3 Å². The van der Waals surface area contributed by atoms with Gasteiger partial charge in [0, 0.05) is 0 Å². The first-order chi connectivity index (χ1) is 10.3. The number of fused-ring (bicyclic) bond motifs is 1. The van der Waals surface area contributed by atoms with E-state index in [0.29, 0.717) is 10.2 Å². The highest BCUT2D eigenvalue weighted by Gasteiger charge is 2.29. The van der Waals surface area contributed by atoms with Crippen LogP contribution in [0.3, 0.4) is 0 Å². The van der Waals surface area contributed by atoms with Crippen LogP contribution in [0.2, 0.25) is 0 Å². The number of hydrogen-bond acceptors (Lipinski definition) is 2. The van der Waals surface area contributed by atoms with Crippen molar-refractivity contribution in [1.29, 1.82) is 0 Å². The standard InChI is InChI=1S/C15H13BrF3NO2/c1-9(14(21)20-8-15(17,18)19)22-12-7-6-10-4-2-3-5-11(10)13(12)16/h2-7,9H,8H2,1H3,(H,20,21)/t9-/m1/s1. The maximum Gasteiger partial charge on any atom is 0.405 e. The van der Waals surface area contributed by atoms with Crippen molar-refractivity contribution >= 4 is 32.6 Å². The van der Waals surface area contributed by atoms with E-state index in [0.717, 1.165) is 10.8 Å². The summed E-state index contributed by atoms with van der Waals surface area (Å²) in [5, 5.41) is 3.67. The molecule has 22 heavy (non-hydrogen) atoms. The summed E-state index contributed by atoms with van der Waals surface area (Å²) in [5.41, 5.74) is 0. The molecule has 1 N–H and O–H groups in total. The maximum atomic E-state index is 12.1. The van der Waals surface area contributed by atoms with E-state index in [1.54, 1.807) is 11.4 Å². The molecule has 0 radical (unpaired) electrons. The average molecular weight is 376 g/mol. The molecule has 2 rings (SSSR count). The molecule has 0 aliphatic carbocycles. The molecule has 0 bridgehead atoms. The number of benzene rings is 2. The van der Waals surface area contributed by atoms with E-state index in [9.17, 15) is 18.0 Å². The Balaban J connectivity index is 2.10. The summed E-state index contributed by atoms with van der Waals surface area (Å²) >= 11 is 3.39. The van der Waals surface area contributed by atoms with Crippen LogP contribution >= 0.6 is 15.9 Å². The number of nitrogens with one attached hydrogen (secondary N) is 1. The Morgan fingerprint density at radius 3 is 2.64 bits per heavy atom. The number of rotatable bonds is 4. The lowest BCUT2D eigenvalue weighted by molar-refractivity contribution is -0.142. The SMILES string of the molecule is C[C@@H](Oc1ccc2ccccc2c1Br)C(=O)NCC(F)(F)F. The molecule has 0 heterocycles. The minimum Gasteiger partial charge on any atom is -0.480 e. The predicted molar refractivity (Wildman–Crippen MR) is 80.8 cm³/mol. The summed E-state index contributed by atoms with van der Waals surface area (Å²) in [4.78, 5) is 11.6. The van der Waals surface area contributed by atoms with Crippen molar-refractivity contribution in [2.24, 2.45) is 0 Å². The topological polar surface area (TPSA) is 38.3 Å². The number of hydrogen-bond donors (Lipinski definition) is 1. The van der Waals surface area contributed by atoms with Gasteiger partial charge in [-0.3, -0.25) is 4.79 Å². The number of alkyl halides is 3. The minimum atomic E-state index is -4.45. The Labute approximate surface area is 133 Å². The highest BCUT2D eigenvalue weighted by Crippen LogP contribution is 2.33. The average Bonchev–Trinajstić information content (AvgIpc) is 2.47. The number of amides is 1. The first-order valence-corrected chi connectivity index (χ1v) is 7.25. The van der Waals surface area contributed by atoms with Crippen molar-refractivity contribution in [3.63, 3.8) is 0 Å². The monoisotopic (exact) mass is 375 g/mol. The van der Waals surface area contributed by atoms with Gasteiger partial charge in [0.25, 0.3) is 5.91 Å². The van der Waals surface area contributed by atoms with Crippen LogP contribution in [0.4, 0.5) is 13.2 Å². The zero-order chi connectivity index (χ0) is 16.3. The summed E-state index contributed by atoms with van der Waals surface area (Å²) in [6, 6.07) is 11.0. The Morgan fingerprint density at radius 1 is 1.27 bits per heavy atom. The molecule has 0 unspecified atom stereocenters. The molecule has 3 nitrogen and oxygen atoms in total. The molecule has 0 fully saturated rings. The fraction of sp³-hybridized carbons (Fsp3) is 0.267. The van der Waals surface area contributed by atoms with Crippen LogP contribution in [0.1, 0.15) is 6.92 Å².